The van der Waals surface area contributed by atoms with E-state index in [1.165, 1.54) is 5.56 Å². The summed E-state index contributed by atoms with van der Waals surface area (Å²) in [5, 5.41) is 10.2. The highest BCUT2D eigenvalue weighted by Crippen LogP contribution is 2.31. The normalized spacial score (nSPS) is 16.1. The van der Waals surface area contributed by atoms with Crippen molar-refractivity contribution in [3.05, 3.63) is 35.5 Å². The Bertz CT molecular complexity index is 839. The van der Waals surface area contributed by atoms with Crippen LogP contribution in [0.5, 0.6) is 0 Å². The molecule has 0 unspecified atom stereocenters. The van der Waals surface area contributed by atoms with Crippen molar-refractivity contribution in [1.82, 2.24) is 9.47 Å². The maximum atomic E-state index is 12.2. The van der Waals surface area contributed by atoms with Gasteiger partial charge in [0, 0.05) is 31.0 Å². The quantitative estimate of drug-likeness (QED) is 0.881. The Morgan fingerprint density at radius 2 is 1.81 bits per heavy atom. The first-order valence-electron chi connectivity index (χ1n) is 8.96. The van der Waals surface area contributed by atoms with Gasteiger partial charge in [0.1, 0.15) is 11.3 Å². The number of carbonyl (C=O) groups is 2. The number of likely N-dealkylation sites (tertiary alicyclic amines) is 1. The summed E-state index contributed by atoms with van der Waals surface area (Å²) in [4.78, 5) is 25.3. The Kier molecular flexibility index (Phi) is 4.69. The molecule has 0 saturated carbocycles. The molecule has 1 fully saturated rings. The maximum absolute atomic E-state index is 12.2. The number of carboxylic acid groups (broad SMARTS) is 1. The van der Waals surface area contributed by atoms with Crippen LogP contribution < -0.4 is 0 Å². The van der Waals surface area contributed by atoms with Gasteiger partial charge in [0.25, 0.3) is 0 Å². The fraction of sp³-hybridized carbons (Fsp3) is 0.500. The van der Waals surface area contributed by atoms with E-state index >= 15 is 0 Å². The van der Waals surface area contributed by atoms with Gasteiger partial charge < -0.3 is 19.3 Å². The van der Waals surface area contributed by atoms with Crippen LogP contribution in [0, 0.1) is 0 Å². The van der Waals surface area contributed by atoms with Crippen molar-refractivity contribution in [1.29, 1.82) is 0 Å². The Morgan fingerprint density at radius 1 is 1.15 bits per heavy atom. The monoisotopic (exact) mass is 358 g/mol. The van der Waals surface area contributed by atoms with E-state index in [2.05, 4.69) is 12.1 Å². The molecule has 0 radical (unpaired) electrons. The number of aryl methyl sites for hydroxylation is 1. The largest absolute Gasteiger partial charge is 0.477 e. The van der Waals surface area contributed by atoms with Gasteiger partial charge in [-0.15, -0.1) is 0 Å². The van der Waals surface area contributed by atoms with Crippen molar-refractivity contribution >= 4 is 23.0 Å². The van der Waals surface area contributed by atoms with Gasteiger partial charge in [-0.25, -0.2) is 9.59 Å². The van der Waals surface area contributed by atoms with E-state index in [0.717, 1.165) is 23.7 Å². The lowest BCUT2D eigenvalue weighted by Gasteiger charge is -2.33. The standard InChI is InChI=1S/C20H26N2O4/c1-20(2,3)26-19(25)22-9-7-13(8-10-22)14-5-6-16-15(11-14)12-17(18(23)24)21(16)4/h5-6,11-13H,7-10H2,1-4H3,(H,23,24). The van der Waals surface area contributed by atoms with E-state index in [4.69, 9.17) is 4.74 Å². The molecule has 0 aliphatic carbocycles. The van der Waals surface area contributed by atoms with Gasteiger partial charge in [-0.3, -0.25) is 0 Å². The number of rotatable bonds is 2. The van der Waals surface area contributed by atoms with Crippen LogP contribution in [-0.4, -0.2) is 45.3 Å². The summed E-state index contributed by atoms with van der Waals surface area (Å²) in [7, 11) is 1.77. The zero-order chi connectivity index (χ0) is 19.1. The van der Waals surface area contributed by atoms with Crippen LogP contribution in [0.3, 0.4) is 0 Å². The van der Waals surface area contributed by atoms with Crippen molar-refractivity contribution in [3.8, 4) is 0 Å². The first kappa shape index (κ1) is 18.3. The summed E-state index contributed by atoms with van der Waals surface area (Å²) < 4.78 is 7.14. The highest BCUT2D eigenvalue weighted by atomic mass is 16.6. The van der Waals surface area contributed by atoms with Gasteiger partial charge in [0.15, 0.2) is 0 Å². The number of amides is 1. The second-order valence-electron chi connectivity index (χ2n) is 7.95. The summed E-state index contributed by atoms with van der Waals surface area (Å²) in [6.45, 7) is 6.97. The average molecular weight is 358 g/mol. The summed E-state index contributed by atoms with van der Waals surface area (Å²) in [5.74, 6) is -0.553. The minimum Gasteiger partial charge on any atom is -0.477 e. The van der Waals surface area contributed by atoms with Gasteiger partial charge in [-0.05, 0) is 63.3 Å². The summed E-state index contributed by atoms with van der Waals surface area (Å²) in [6.07, 6.45) is 1.51. The Labute approximate surface area is 153 Å². The van der Waals surface area contributed by atoms with Crippen LogP contribution in [-0.2, 0) is 11.8 Å². The van der Waals surface area contributed by atoms with E-state index in [-0.39, 0.29) is 11.8 Å². The number of carbonyl (C=O) groups excluding carboxylic acids is 1. The molecule has 2 aromatic rings. The number of ether oxygens (including phenoxy) is 1. The van der Waals surface area contributed by atoms with Gasteiger partial charge in [0.2, 0.25) is 0 Å². The molecule has 1 amide bonds. The third-order valence-corrected chi connectivity index (χ3v) is 4.90. The van der Waals surface area contributed by atoms with Crippen LogP contribution in [0.15, 0.2) is 24.3 Å². The zero-order valence-electron chi connectivity index (χ0n) is 15.8. The third-order valence-electron chi connectivity index (χ3n) is 4.90. The van der Waals surface area contributed by atoms with Crippen molar-refractivity contribution < 1.29 is 19.4 Å². The lowest BCUT2D eigenvalue weighted by molar-refractivity contribution is 0.0204. The molecule has 0 bridgehead atoms. The van der Waals surface area contributed by atoms with Crippen molar-refractivity contribution in [3.63, 3.8) is 0 Å². The fourth-order valence-electron chi connectivity index (χ4n) is 3.55. The van der Waals surface area contributed by atoms with E-state index in [9.17, 15) is 14.7 Å². The smallest absolute Gasteiger partial charge is 0.410 e. The van der Waals surface area contributed by atoms with Gasteiger partial charge in [-0.2, -0.15) is 0 Å². The number of benzene rings is 1. The summed E-state index contributed by atoms with van der Waals surface area (Å²) >= 11 is 0. The van der Waals surface area contributed by atoms with Gasteiger partial charge in [0.05, 0.1) is 0 Å². The second-order valence-corrected chi connectivity index (χ2v) is 7.95. The molecule has 1 aliphatic rings. The molecular formula is C20H26N2O4. The lowest BCUT2D eigenvalue weighted by atomic mass is 9.89. The first-order chi connectivity index (χ1) is 12.2. The molecule has 0 spiro atoms. The van der Waals surface area contributed by atoms with Crippen molar-refractivity contribution in [2.24, 2.45) is 7.05 Å². The highest BCUT2D eigenvalue weighted by molar-refractivity contribution is 5.94. The van der Waals surface area contributed by atoms with Gasteiger partial charge >= 0.3 is 12.1 Å². The third kappa shape index (κ3) is 3.69. The Morgan fingerprint density at radius 3 is 2.38 bits per heavy atom. The fourth-order valence-corrected chi connectivity index (χ4v) is 3.55. The van der Waals surface area contributed by atoms with Gasteiger partial charge in [-0.1, -0.05) is 6.07 Å². The minimum atomic E-state index is -0.920. The van der Waals surface area contributed by atoms with E-state index < -0.39 is 11.6 Å². The number of fused-ring (bicyclic) bond motifs is 1. The SMILES string of the molecule is Cn1c(C(=O)O)cc2cc(C3CCN(C(=O)OC(C)(C)C)CC3)ccc21. The number of carboxylic acids is 1. The molecule has 1 saturated heterocycles. The summed E-state index contributed by atoms with van der Waals surface area (Å²) in [5.41, 5.74) is 1.92. The Balaban J connectivity index is 1.71. The van der Waals surface area contributed by atoms with E-state index in [1.54, 1.807) is 22.6 Å². The van der Waals surface area contributed by atoms with Crippen molar-refractivity contribution in [2.45, 2.75) is 45.1 Å². The molecule has 1 aromatic carbocycles. The van der Waals surface area contributed by atoms with E-state index in [1.807, 2.05) is 26.8 Å². The molecule has 6 heteroatoms. The number of piperidine rings is 1. The molecule has 0 atom stereocenters. The molecule has 2 heterocycles. The maximum Gasteiger partial charge on any atom is 0.410 e. The molecule has 6 nitrogen and oxygen atoms in total. The predicted octanol–water partition coefficient (Wildman–Crippen LogP) is 3.99. The topological polar surface area (TPSA) is 71.8 Å². The number of hydrogen-bond donors (Lipinski definition) is 1. The predicted molar refractivity (Wildman–Crippen MR) is 99.7 cm³/mol. The minimum absolute atomic E-state index is 0.249. The highest BCUT2D eigenvalue weighted by Gasteiger charge is 2.27. The first-order valence-corrected chi connectivity index (χ1v) is 8.96. The number of hydrogen-bond acceptors (Lipinski definition) is 3. The van der Waals surface area contributed by atoms with Crippen molar-refractivity contribution in [2.75, 3.05) is 13.1 Å². The number of aromatic nitrogens is 1. The molecule has 26 heavy (non-hydrogen) atoms. The molecule has 3 rings (SSSR count). The number of nitrogens with zero attached hydrogens (tertiary/aromatic N) is 2. The zero-order valence-corrected chi connectivity index (χ0v) is 15.8. The van der Waals surface area contributed by atoms with Crippen LogP contribution in [0.2, 0.25) is 0 Å². The summed E-state index contributed by atoms with van der Waals surface area (Å²) in [6, 6.07) is 7.85. The molecule has 1 N–H and O–H groups in total. The molecule has 1 aliphatic heterocycles. The number of aromatic carboxylic acids is 1. The van der Waals surface area contributed by atoms with Crippen LogP contribution in [0.25, 0.3) is 10.9 Å². The average Bonchev–Trinajstić information content (AvgIpc) is 2.90. The second kappa shape index (κ2) is 6.67. The van der Waals surface area contributed by atoms with E-state index in [0.29, 0.717) is 19.0 Å². The van der Waals surface area contributed by atoms with Crippen LogP contribution >= 0.6 is 0 Å². The van der Waals surface area contributed by atoms with Crippen LogP contribution in [0.1, 0.15) is 55.6 Å². The molecule has 140 valence electrons. The molecular weight excluding hydrogens is 332 g/mol. The molecule has 1 aromatic heterocycles. The van der Waals surface area contributed by atoms with Crippen LogP contribution in [0.4, 0.5) is 4.79 Å². The lowest BCUT2D eigenvalue weighted by Crippen LogP contribution is -2.41. The Hall–Kier alpha value is -2.50.